The molecule has 0 radical (unpaired) electrons. The Balaban J connectivity index is 2.16. The van der Waals surface area contributed by atoms with Crippen LogP contribution >= 0.6 is 0 Å². The summed E-state index contributed by atoms with van der Waals surface area (Å²) in [7, 11) is 1.98. The van der Waals surface area contributed by atoms with E-state index in [4.69, 9.17) is 0 Å². The Hall–Kier alpha value is -2.80. The molecular formula is C21H17N. The van der Waals surface area contributed by atoms with Gasteiger partial charge in [-0.05, 0) is 33.2 Å². The molecule has 0 saturated heterocycles. The number of benzene rings is 4. The van der Waals surface area contributed by atoms with Crippen molar-refractivity contribution < 1.29 is 0 Å². The van der Waals surface area contributed by atoms with E-state index in [-0.39, 0.29) is 0 Å². The van der Waals surface area contributed by atoms with Crippen molar-refractivity contribution in [3.63, 3.8) is 0 Å². The average Bonchev–Trinajstić information content (AvgIpc) is 2.60. The molecule has 0 amide bonds. The number of hydrogen-bond donors (Lipinski definition) is 1. The molecule has 4 aromatic carbocycles. The van der Waals surface area contributed by atoms with E-state index >= 15 is 0 Å². The fraction of sp³-hybridized carbons (Fsp3) is 0.0476. The lowest BCUT2D eigenvalue weighted by molar-refractivity contribution is 1.53. The molecule has 0 saturated carbocycles. The Bertz CT molecular complexity index is 964. The third kappa shape index (κ3) is 1.94. The van der Waals surface area contributed by atoms with Crippen molar-refractivity contribution in [3.05, 3.63) is 78.9 Å². The van der Waals surface area contributed by atoms with Crippen molar-refractivity contribution in [3.8, 4) is 11.1 Å². The van der Waals surface area contributed by atoms with Crippen molar-refractivity contribution in [2.45, 2.75) is 0 Å². The van der Waals surface area contributed by atoms with E-state index in [0.717, 1.165) is 5.69 Å². The second kappa shape index (κ2) is 5.19. The number of hydrogen-bond acceptors (Lipinski definition) is 1. The van der Waals surface area contributed by atoms with Crippen molar-refractivity contribution >= 4 is 27.2 Å². The summed E-state index contributed by atoms with van der Waals surface area (Å²) in [5.41, 5.74) is 3.71. The minimum Gasteiger partial charge on any atom is -0.388 e. The van der Waals surface area contributed by atoms with E-state index in [2.05, 4.69) is 84.2 Å². The topological polar surface area (TPSA) is 12.0 Å². The summed E-state index contributed by atoms with van der Waals surface area (Å²) in [6, 6.07) is 28.0. The van der Waals surface area contributed by atoms with Gasteiger partial charge in [-0.15, -0.1) is 0 Å². The SMILES string of the molecule is CNc1ccc2ccccc2c1-c1cccc2ccccc12. The molecule has 106 valence electrons. The molecule has 0 spiro atoms. The summed E-state index contributed by atoms with van der Waals surface area (Å²) < 4.78 is 0. The van der Waals surface area contributed by atoms with Gasteiger partial charge in [-0.2, -0.15) is 0 Å². The van der Waals surface area contributed by atoms with Crippen molar-refractivity contribution in [1.29, 1.82) is 0 Å². The minimum atomic E-state index is 1.16. The third-order valence-corrected chi connectivity index (χ3v) is 4.26. The third-order valence-electron chi connectivity index (χ3n) is 4.26. The largest absolute Gasteiger partial charge is 0.388 e. The molecule has 1 N–H and O–H groups in total. The Morgan fingerprint density at radius 2 is 1.23 bits per heavy atom. The summed E-state index contributed by atoms with van der Waals surface area (Å²) in [6.45, 7) is 0. The zero-order valence-electron chi connectivity index (χ0n) is 12.5. The Kier molecular flexibility index (Phi) is 3.05. The van der Waals surface area contributed by atoms with Crippen LogP contribution in [-0.2, 0) is 0 Å². The van der Waals surface area contributed by atoms with Gasteiger partial charge in [0.2, 0.25) is 0 Å². The van der Waals surface area contributed by atoms with Gasteiger partial charge < -0.3 is 5.32 Å². The van der Waals surface area contributed by atoms with Crippen molar-refractivity contribution in [1.82, 2.24) is 0 Å². The molecule has 0 fully saturated rings. The van der Waals surface area contributed by atoms with Crippen LogP contribution in [-0.4, -0.2) is 7.05 Å². The fourth-order valence-electron chi connectivity index (χ4n) is 3.21. The van der Waals surface area contributed by atoms with Crippen LogP contribution in [0.2, 0.25) is 0 Å². The molecule has 0 aromatic heterocycles. The molecule has 0 atom stereocenters. The van der Waals surface area contributed by atoms with Gasteiger partial charge in [0.15, 0.2) is 0 Å². The van der Waals surface area contributed by atoms with Crippen molar-refractivity contribution in [2.24, 2.45) is 0 Å². The fourth-order valence-corrected chi connectivity index (χ4v) is 3.21. The van der Waals surface area contributed by atoms with Gasteiger partial charge in [0.1, 0.15) is 0 Å². The number of nitrogens with one attached hydrogen (secondary N) is 1. The lowest BCUT2D eigenvalue weighted by atomic mass is 9.92. The molecule has 1 heteroatoms. The molecule has 0 heterocycles. The molecule has 0 unspecified atom stereocenters. The first-order chi connectivity index (χ1) is 10.9. The number of rotatable bonds is 2. The monoisotopic (exact) mass is 283 g/mol. The van der Waals surface area contributed by atoms with Crippen LogP contribution in [0.4, 0.5) is 5.69 Å². The van der Waals surface area contributed by atoms with Crippen LogP contribution < -0.4 is 5.32 Å². The molecule has 0 aliphatic heterocycles. The maximum atomic E-state index is 3.35. The van der Waals surface area contributed by atoms with Crippen LogP contribution in [0.5, 0.6) is 0 Å². The quantitative estimate of drug-likeness (QED) is 0.497. The van der Waals surface area contributed by atoms with Crippen LogP contribution in [0, 0.1) is 0 Å². The maximum Gasteiger partial charge on any atom is 0.0424 e. The second-order valence-electron chi connectivity index (χ2n) is 5.49. The average molecular weight is 283 g/mol. The first kappa shape index (κ1) is 12.9. The summed E-state index contributed by atoms with van der Waals surface area (Å²) >= 11 is 0. The van der Waals surface area contributed by atoms with Gasteiger partial charge in [0, 0.05) is 18.3 Å². The summed E-state index contributed by atoms with van der Waals surface area (Å²) in [4.78, 5) is 0. The predicted molar refractivity (Wildman–Crippen MR) is 96.4 cm³/mol. The highest BCUT2D eigenvalue weighted by atomic mass is 14.8. The van der Waals surface area contributed by atoms with E-state index in [1.807, 2.05) is 7.05 Å². The van der Waals surface area contributed by atoms with E-state index in [1.54, 1.807) is 0 Å². The highest BCUT2D eigenvalue weighted by Gasteiger charge is 2.11. The zero-order valence-corrected chi connectivity index (χ0v) is 12.5. The van der Waals surface area contributed by atoms with E-state index in [1.165, 1.54) is 32.7 Å². The minimum absolute atomic E-state index is 1.16. The first-order valence-corrected chi connectivity index (χ1v) is 7.56. The van der Waals surface area contributed by atoms with Crippen LogP contribution in [0.15, 0.2) is 78.9 Å². The van der Waals surface area contributed by atoms with E-state index < -0.39 is 0 Å². The Morgan fingerprint density at radius 3 is 2.00 bits per heavy atom. The molecule has 4 rings (SSSR count). The van der Waals surface area contributed by atoms with Crippen LogP contribution in [0.1, 0.15) is 0 Å². The second-order valence-corrected chi connectivity index (χ2v) is 5.49. The lowest BCUT2D eigenvalue weighted by Crippen LogP contribution is -1.94. The van der Waals surface area contributed by atoms with Gasteiger partial charge in [-0.25, -0.2) is 0 Å². The molecule has 4 aromatic rings. The molecule has 22 heavy (non-hydrogen) atoms. The normalized spacial score (nSPS) is 11.0. The zero-order chi connectivity index (χ0) is 14.9. The number of fused-ring (bicyclic) bond motifs is 2. The van der Waals surface area contributed by atoms with E-state index in [9.17, 15) is 0 Å². The summed E-state index contributed by atoms with van der Waals surface area (Å²) in [5.74, 6) is 0. The molecule has 1 nitrogen and oxygen atoms in total. The van der Waals surface area contributed by atoms with Gasteiger partial charge in [0.05, 0.1) is 0 Å². The van der Waals surface area contributed by atoms with E-state index in [0.29, 0.717) is 0 Å². The van der Waals surface area contributed by atoms with Gasteiger partial charge in [0.25, 0.3) is 0 Å². The summed E-state index contributed by atoms with van der Waals surface area (Å²) in [6.07, 6.45) is 0. The lowest BCUT2D eigenvalue weighted by Gasteiger charge is -2.15. The van der Waals surface area contributed by atoms with Gasteiger partial charge in [-0.1, -0.05) is 72.8 Å². The predicted octanol–water partition coefficient (Wildman–Crippen LogP) is 5.70. The molecular weight excluding hydrogens is 266 g/mol. The molecule has 0 bridgehead atoms. The van der Waals surface area contributed by atoms with Crippen LogP contribution in [0.3, 0.4) is 0 Å². The molecule has 0 aliphatic carbocycles. The highest BCUT2D eigenvalue weighted by molar-refractivity contribution is 6.09. The van der Waals surface area contributed by atoms with Gasteiger partial charge >= 0.3 is 0 Å². The Morgan fingerprint density at radius 1 is 0.591 bits per heavy atom. The van der Waals surface area contributed by atoms with Gasteiger partial charge in [-0.3, -0.25) is 0 Å². The van der Waals surface area contributed by atoms with Crippen molar-refractivity contribution in [2.75, 3.05) is 12.4 Å². The smallest absolute Gasteiger partial charge is 0.0424 e. The standard InChI is InChI=1S/C21H17N/c1-22-20-14-13-16-8-3-5-11-18(16)21(20)19-12-6-9-15-7-2-4-10-17(15)19/h2-14,22H,1H3. The maximum absolute atomic E-state index is 3.35. The molecule has 0 aliphatic rings. The summed E-state index contributed by atoms with van der Waals surface area (Å²) in [5, 5.41) is 8.46. The van der Waals surface area contributed by atoms with Crippen LogP contribution in [0.25, 0.3) is 32.7 Å². The number of anilines is 1. The first-order valence-electron chi connectivity index (χ1n) is 7.56. The highest BCUT2D eigenvalue weighted by Crippen LogP contribution is 2.38. The Labute approximate surface area is 130 Å².